The van der Waals surface area contributed by atoms with Crippen molar-refractivity contribution >= 4 is 11.8 Å². The van der Waals surface area contributed by atoms with Gasteiger partial charge in [-0.05, 0) is 30.8 Å². The van der Waals surface area contributed by atoms with E-state index in [-0.39, 0.29) is 18.6 Å². The highest BCUT2D eigenvalue weighted by Crippen LogP contribution is 2.29. The molecule has 0 aliphatic carbocycles. The Kier molecular flexibility index (Phi) is 8.73. The van der Waals surface area contributed by atoms with Crippen molar-refractivity contribution in [3.05, 3.63) is 0 Å². The van der Waals surface area contributed by atoms with Crippen molar-refractivity contribution in [2.45, 2.75) is 39.5 Å². The summed E-state index contributed by atoms with van der Waals surface area (Å²) in [5, 5.41) is 18.6. The van der Waals surface area contributed by atoms with Gasteiger partial charge in [-0.1, -0.05) is 20.3 Å². The number of aliphatic hydroxyl groups excluding tert-OH is 2. The Bertz CT molecular complexity index is 124. The van der Waals surface area contributed by atoms with E-state index in [1.54, 1.807) is 0 Å². The minimum Gasteiger partial charge on any atom is -0.396 e. The fourth-order valence-corrected chi connectivity index (χ4v) is 2.35. The van der Waals surface area contributed by atoms with Crippen LogP contribution in [0.2, 0.25) is 0 Å². The number of aliphatic hydroxyl groups is 2. The molecule has 86 valence electrons. The molecule has 0 aromatic heterocycles. The van der Waals surface area contributed by atoms with Crippen LogP contribution in [-0.4, -0.2) is 34.9 Å². The molecular formula is C11H24O2S. The molecule has 3 heteroatoms. The SMILES string of the molecule is CCCC(CO)(CO)CCCSCC. The molecule has 0 rings (SSSR count). The van der Waals surface area contributed by atoms with Crippen LogP contribution >= 0.6 is 11.8 Å². The summed E-state index contributed by atoms with van der Waals surface area (Å²) in [6.07, 6.45) is 4.00. The van der Waals surface area contributed by atoms with Crippen LogP contribution in [0.5, 0.6) is 0 Å². The van der Waals surface area contributed by atoms with Gasteiger partial charge in [0, 0.05) is 5.41 Å². The summed E-state index contributed by atoms with van der Waals surface area (Å²) >= 11 is 1.92. The van der Waals surface area contributed by atoms with E-state index in [1.807, 2.05) is 11.8 Å². The number of hydrogen-bond acceptors (Lipinski definition) is 3. The fraction of sp³-hybridized carbons (Fsp3) is 1.00. The van der Waals surface area contributed by atoms with Crippen LogP contribution in [0, 0.1) is 5.41 Å². The van der Waals surface area contributed by atoms with E-state index in [2.05, 4.69) is 13.8 Å². The molecule has 14 heavy (non-hydrogen) atoms. The predicted molar refractivity (Wildman–Crippen MR) is 63.7 cm³/mol. The monoisotopic (exact) mass is 220 g/mol. The number of hydrogen-bond donors (Lipinski definition) is 2. The summed E-state index contributed by atoms with van der Waals surface area (Å²) in [6, 6.07) is 0. The van der Waals surface area contributed by atoms with Crippen LogP contribution in [0.1, 0.15) is 39.5 Å². The van der Waals surface area contributed by atoms with Gasteiger partial charge in [0.05, 0.1) is 13.2 Å². The molecule has 0 saturated heterocycles. The van der Waals surface area contributed by atoms with Crippen LogP contribution in [0.25, 0.3) is 0 Å². The molecule has 0 saturated carbocycles. The summed E-state index contributed by atoms with van der Waals surface area (Å²) in [4.78, 5) is 0. The van der Waals surface area contributed by atoms with Crippen LogP contribution in [0.3, 0.4) is 0 Å². The summed E-state index contributed by atoms with van der Waals surface area (Å²) in [7, 11) is 0. The van der Waals surface area contributed by atoms with Crippen molar-refractivity contribution in [1.82, 2.24) is 0 Å². The Morgan fingerprint density at radius 2 is 1.71 bits per heavy atom. The Hall–Kier alpha value is 0.270. The van der Waals surface area contributed by atoms with Gasteiger partial charge in [0.15, 0.2) is 0 Å². The molecule has 0 amide bonds. The molecule has 0 aromatic rings. The zero-order valence-corrected chi connectivity index (χ0v) is 10.3. The Morgan fingerprint density at radius 3 is 2.14 bits per heavy atom. The van der Waals surface area contributed by atoms with Crippen molar-refractivity contribution in [2.75, 3.05) is 24.7 Å². The smallest absolute Gasteiger partial charge is 0.0509 e. The van der Waals surface area contributed by atoms with Gasteiger partial charge in [-0.2, -0.15) is 11.8 Å². The topological polar surface area (TPSA) is 40.5 Å². The highest BCUT2D eigenvalue weighted by molar-refractivity contribution is 7.99. The Morgan fingerprint density at radius 1 is 1.07 bits per heavy atom. The molecule has 2 N–H and O–H groups in total. The summed E-state index contributed by atoms with van der Waals surface area (Å²) < 4.78 is 0. The quantitative estimate of drug-likeness (QED) is 0.586. The lowest BCUT2D eigenvalue weighted by atomic mass is 9.81. The first-order chi connectivity index (χ1) is 6.74. The van der Waals surface area contributed by atoms with Gasteiger partial charge in [0.2, 0.25) is 0 Å². The van der Waals surface area contributed by atoms with Crippen molar-refractivity contribution in [3.63, 3.8) is 0 Å². The minimum atomic E-state index is -0.219. The predicted octanol–water partition coefficient (Wildman–Crippen LogP) is 2.29. The highest BCUT2D eigenvalue weighted by atomic mass is 32.2. The van der Waals surface area contributed by atoms with Gasteiger partial charge in [-0.15, -0.1) is 0 Å². The molecule has 2 nitrogen and oxygen atoms in total. The second kappa shape index (κ2) is 8.57. The lowest BCUT2D eigenvalue weighted by Gasteiger charge is -2.29. The van der Waals surface area contributed by atoms with Crippen molar-refractivity contribution in [3.8, 4) is 0 Å². The third kappa shape index (κ3) is 5.23. The average Bonchev–Trinajstić information content (AvgIpc) is 2.23. The first kappa shape index (κ1) is 14.3. The van der Waals surface area contributed by atoms with Crippen molar-refractivity contribution in [2.24, 2.45) is 5.41 Å². The minimum absolute atomic E-state index is 0.119. The maximum Gasteiger partial charge on any atom is 0.0509 e. The Balaban J connectivity index is 3.82. The van der Waals surface area contributed by atoms with Gasteiger partial charge in [0.25, 0.3) is 0 Å². The molecule has 0 aliphatic rings. The molecule has 0 unspecified atom stereocenters. The van der Waals surface area contributed by atoms with E-state index >= 15 is 0 Å². The first-order valence-electron chi connectivity index (χ1n) is 5.54. The van der Waals surface area contributed by atoms with E-state index in [0.717, 1.165) is 37.2 Å². The van der Waals surface area contributed by atoms with Crippen molar-refractivity contribution in [1.29, 1.82) is 0 Å². The number of thioether (sulfide) groups is 1. The molecule has 0 heterocycles. The molecule has 0 radical (unpaired) electrons. The third-order valence-electron chi connectivity index (χ3n) is 2.65. The molecular weight excluding hydrogens is 196 g/mol. The van der Waals surface area contributed by atoms with Gasteiger partial charge in [0.1, 0.15) is 0 Å². The summed E-state index contributed by atoms with van der Waals surface area (Å²) in [6.45, 7) is 4.49. The molecule has 0 aliphatic heterocycles. The van der Waals surface area contributed by atoms with E-state index in [4.69, 9.17) is 0 Å². The number of rotatable bonds is 9. The zero-order chi connectivity index (χ0) is 10.9. The maximum absolute atomic E-state index is 9.30. The van der Waals surface area contributed by atoms with Crippen LogP contribution in [0.4, 0.5) is 0 Å². The average molecular weight is 220 g/mol. The van der Waals surface area contributed by atoms with Crippen molar-refractivity contribution < 1.29 is 10.2 Å². The lowest BCUT2D eigenvalue weighted by Crippen LogP contribution is -2.29. The van der Waals surface area contributed by atoms with E-state index in [1.165, 1.54) is 0 Å². The largest absolute Gasteiger partial charge is 0.396 e. The standard InChI is InChI=1S/C11H24O2S/c1-3-6-11(9-12,10-13)7-5-8-14-4-2/h12-13H,3-10H2,1-2H3. The normalized spacial score (nSPS) is 12.0. The van der Waals surface area contributed by atoms with Gasteiger partial charge in [-0.25, -0.2) is 0 Å². The molecule has 0 fully saturated rings. The van der Waals surface area contributed by atoms with Crippen LogP contribution in [-0.2, 0) is 0 Å². The summed E-state index contributed by atoms with van der Waals surface area (Å²) in [5.41, 5.74) is -0.219. The highest BCUT2D eigenvalue weighted by Gasteiger charge is 2.26. The lowest BCUT2D eigenvalue weighted by molar-refractivity contribution is 0.0388. The van der Waals surface area contributed by atoms with Crippen LogP contribution < -0.4 is 0 Å². The van der Waals surface area contributed by atoms with E-state index in [9.17, 15) is 10.2 Å². The molecule has 0 bridgehead atoms. The first-order valence-corrected chi connectivity index (χ1v) is 6.69. The van der Waals surface area contributed by atoms with Gasteiger partial charge < -0.3 is 10.2 Å². The summed E-state index contributed by atoms with van der Waals surface area (Å²) in [5.74, 6) is 2.29. The third-order valence-corrected chi connectivity index (χ3v) is 3.64. The van der Waals surface area contributed by atoms with E-state index < -0.39 is 0 Å². The second-order valence-corrected chi connectivity index (χ2v) is 5.26. The fourth-order valence-electron chi connectivity index (χ4n) is 1.72. The van der Waals surface area contributed by atoms with Gasteiger partial charge >= 0.3 is 0 Å². The van der Waals surface area contributed by atoms with Crippen LogP contribution in [0.15, 0.2) is 0 Å². The van der Waals surface area contributed by atoms with E-state index in [0.29, 0.717) is 0 Å². The molecule has 0 spiro atoms. The molecule has 0 atom stereocenters. The second-order valence-electron chi connectivity index (χ2n) is 3.87. The zero-order valence-electron chi connectivity index (χ0n) is 9.46. The molecule has 0 aromatic carbocycles. The maximum atomic E-state index is 9.30. The Labute approximate surface area is 92.1 Å². The van der Waals surface area contributed by atoms with Gasteiger partial charge in [-0.3, -0.25) is 0 Å².